The molecule has 0 aromatic rings. The molecule has 152 valence electrons. The second kappa shape index (κ2) is 5.05. The molecule has 27 heavy (non-hydrogen) atoms. The van der Waals surface area contributed by atoms with Gasteiger partial charge in [0.15, 0.2) is 6.29 Å². The van der Waals surface area contributed by atoms with Gasteiger partial charge in [-0.1, -0.05) is 13.8 Å². The minimum atomic E-state index is -1.46. The quantitative estimate of drug-likeness (QED) is 0.442. The van der Waals surface area contributed by atoms with Crippen LogP contribution in [0.25, 0.3) is 0 Å². The molecule has 5 fully saturated rings. The van der Waals surface area contributed by atoms with Crippen molar-refractivity contribution in [2.45, 2.75) is 76.7 Å². The molecule has 2 aliphatic heterocycles. The summed E-state index contributed by atoms with van der Waals surface area (Å²) >= 11 is 0. The van der Waals surface area contributed by atoms with E-state index in [-0.39, 0.29) is 23.9 Å². The van der Waals surface area contributed by atoms with Crippen LogP contribution in [0.3, 0.4) is 0 Å². The highest BCUT2D eigenvalue weighted by molar-refractivity contribution is 5.81. The molecule has 5 aliphatic rings. The first-order chi connectivity index (χ1) is 12.5. The van der Waals surface area contributed by atoms with Crippen LogP contribution in [0.5, 0.6) is 0 Å². The Morgan fingerprint density at radius 1 is 1.11 bits per heavy atom. The van der Waals surface area contributed by atoms with Crippen LogP contribution in [0.4, 0.5) is 0 Å². The van der Waals surface area contributed by atoms with Crippen LogP contribution in [0.2, 0.25) is 0 Å². The van der Waals surface area contributed by atoms with Crippen LogP contribution in [0.1, 0.15) is 46.5 Å². The van der Waals surface area contributed by atoms with E-state index in [0.29, 0.717) is 19.3 Å². The van der Waals surface area contributed by atoms with Crippen molar-refractivity contribution in [3.05, 3.63) is 0 Å². The van der Waals surface area contributed by atoms with Crippen LogP contribution < -0.4 is 0 Å². The van der Waals surface area contributed by atoms with Crippen LogP contribution in [-0.2, 0) is 14.3 Å². The molecule has 10 atom stereocenters. The summed E-state index contributed by atoms with van der Waals surface area (Å²) < 4.78 is 11.7. The molecule has 2 bridgehead atoms. The molecule has 2 spiro atoms. The topological polar surface area (TPSA) is 116 Å². The van der Waals surface area contributed by atoms with Gasteiger partial charge < -0.3 is 29.9 Å². The molecule has 0 amide bonds. The molecule has 10 unspecified atom stereocenters. The fourth-order valence-electron chi connectivity index (χ4n) is 7.93. The lowest BCUT2D eigenvalue weighted by Gasteiger charge is -2.63. The maximum atomic E-state index is 13.2. The fourth-order valence-corrected chi connectivity index (χ4v) is 7.93. The average molecular weight is 382 g/mol. The zero-order chi connectivity index (χ0) is 19.6. The van der Waals surface area contributed by atoms with Gasteiger partial charge in [0, 0.05) is 17.3 Å². The summed E-state index contributed by atoms with van der Waals surface area (Å²) in [5.74, 6) is -1.82. The Morgan fingerprint density at radius 2 is 1.81 bits per heavy atom. The molecule has 3 aliphatic carbocycles. The third kappa shape index (κ3) is 1.84. The summed E-state index contributed by atoms with van der Waals surface area (Å²) in [6.45, 7) is 5.89. The maximum Gasteiger partial charge on any atom is 0.315 e. The van der Waals surface area contributed by atoms with Gasteiger partial charge in [-0.25, -0.2) is 0 Å². The van der Waals surface area contributed by atoms with Gasteiger partial charge in [-0.2, -0.15) is 0 Å². The summed E-state index contributed by atoms with van der Waals surface area (Å²) in [5, 5.41) is 44.0. The monoisotopic (exact) mass is 382 g/mol. The smallest absolute Gasteiger partial charge is 0.315 e. The third-order valence-corrected chi connectivity index (χ3v) is 8.99. The highest BCUT2D eigenvalue weighted by atomic mass is 16.6. The zero-order valence-electron chi connectivity index (χ0n) is 16.1. The number of hydrogen-bond donors (Lipinski definition) is 4. The number of hydrogen-bond acceptors (Lipinski definition) is 7. The summed E-state index contributed by atoms with van der Waals surface area (Å²) in [6, 6.07) is 0. The van der Waals surface area contributed by atoms with Crippen molar-refractivity contribution >= 4 is 5.97 Å². The van der Waals surface area contributed by atoms with Gasteiger partial charge >= 0.3 is 5.97 Å². The summed E-state index contributed by atoms with van der Waals surface area (Å²) in [6.07, 6.45) is -1.62. The summed E-state index contributed by atoms with van der Waals surface area (Å²) in [7, 11) is 0. The average Bonchev–Trinajstić information content (AvgIpc) is 3.00. The second-order valence-corrected chi connectivity index (χ2v) is 10.6. The number of esters is 1. The molecule has 0 aromatic carbocycles. The van der Waals surface area contributed by atoms with Crippen molar-refractivity contribution in [2.24, 2.45) is 34.0 Å². The van der Waals surface area contributed by atoms with Gasteiger partial charge in [0.2, 0.25) is 0 Å². The first-order valence-electron chi connectivity index (χ1n) is 10.1. The lowest BCUT2D eigenvalue weighted by Crippen LogP contribution is -2.71. The number of rotatable bonds is 0. The van der Waals surface area contributed by atoms with Crippen molar-refractivity contribution in [2.75, 3.05) is 6.61 Å². The molecule has 7 nitrogen and oxygen atoms in total. The molecule has 4 N–H and O–H groups in total. The van der Waals surface area contributed by atoms with E-state index in [2.05, 4.69) is 13.8 Å². The highest BCUT2D eigenvalue weighted by Crippen LogP contribution is 2.72. The van der Waals surface area contributed by atoms with Crippen LogP contribution >= 0.6 is 0 Å². The molecule has 7 heteroatoms. The van der Waals surface area contributed by atoms with E-state index in [4.69, 9.17) is 9.47 Å². The van der Waals surface area contributed by atoms with Crippen molar-refractivity contribution in [1.29, 1.82) is 0 Å². The molecule has 0 radical (unpaired) electrons. The number of carbonyl (C=O) groups excluding carboxylic acids is 1. The molecule has 2 heterocycles. The van der Waals surface area contributed by atoms with E-state index in [1.165, 1.54) is 0 Å². The fraction of sp³-hybridized carbons (Fsp3) is 0.950. The molecule has 0 aromatic heterocycles. The van der Waals surface area contributed by atoms with Gasteiger partial charge in [-0.05, 0) is 43.9 Å². The van der Waals surface area contributed by atoms with Gasteiger partial charge in [0.05, 0.1) is 24.4 Å². The largest absolute Gasteiger partial charge is 0.461 e. The van der Waals surface area contributed by atoms with E-state index in [1.807, 2.05) is 0 Å². The molecule has 5 rings (SSSR count). The molecular weight excluding hydrogens is 352 g/mol. The number of carbonyl (C=O) groups is 1. The van der Waals surface area contributed by atoms with Crippen molar-refractivity contribution in [1.82, 2.24) is 0 Å². The van der Waals surface area contributed by atoms with Gasteiger partial charge in [-0.3, -0.25) is 4.79 Å². The first-order valence-corrected chi connectivity index (χ1v) is 10.1. The third-order valence-electron chi connectivity index (χ3n) is 8.99. The lowest BCUT2D eigenvalue weighted by molar-refractivity contribution is -0.267. The highest BCUT2D eigenvalue weighted by Gasteiger charge is 2.81. The van der Waals surface area contributed by atoms with Crippen molar-refractivity contribution in [3.63, 3.8) is 0 Å². The Hall–Kier alpha value is -0.730. The number of fused-ring (bicyclic) bond motifs is 1. The Bertz CT molecular complexity index is 690. The predicted molar refractivity (Wildman–Crippen MR) is 92.1 cm³/mol. The van der Waals surface area contributed by atoms with Gasteiger partial charge in [0.25, 0.3) is 0 Å². The maximum absolute atomic E-state index is 13.2. The minimum Gasteiger partial charge on any atom is -0.461 e. The lowest BCUT2D eigenvalue weighted by atomic mass is 9.43. The van der Waals surface area contributed by atoms with E-state index >= 15 is 0 Å². The Balaban J connectivity index is 1.73. The van der Waals surface area contributed by atoms with E-state index in [9.17, 15) is 25.2 Å². The van der Waals surface area contributed by atoms with Crippen molar-refractivity contribution < 1.29 is 34.7 Å². The molecule has 2 saturated heterocycles. The van der Waals surface area contributed by atoms with Crippen LogP contribution in [0, 0.1) is 34.0 Å². The van der Waals surface area contributed by atoms with Crippen LogP contribution in [-0.4, -0.2) is 63.2 Å². The Morgan fingerprint density at radius 3 is 2.52 bits per heavy atom. The molecular formula is C20H30O7. The predicted octanol–water partition coefficient (Wildman–Crippen LogP) is 0.182. The van der Waals surface area contributed by atoms with Gasteiger partial charge in [-0.15, -0.1) is 0 Å². The van der Waals surface area contributed by atoms with E-state index in [0.717, 1.165) is 6.42 Å². The van der Waals surface area contributed by atoms with Crippen molar-refractivity contribution in [3.8, 4) is 0 Å². The molecule has 3 saturated carbocycles. The normalized spacial score (nSPS) is 61.0. The van der Waals surface area contributed by atoms with E-state index < -0.39 is 52.9 Å². The standard InChI is InChI=1S/C20H30O7/c1-17(2)5-4-11-20(8-26-14(22)13(17)20)12-10(21)6-9-7-19(12,16(24)27-11)15(23)18(9,3)25/h9-15,21-23,25H,4-8H2,1-3H3. The number of ether oxygens (including phenoxy) is 2. The Kier molecular flexibility index (Phi) is 3.43. The first kappa shape index (κ1) is 18.3. The summed E-state index contributed by atoms with van der Waals surface area (Å²) in [4.78, 5) is 13.2. The SMILES string of the molecule is CC1(C)CCC2OC(=O)C34CC(CC(O)C3C23COC(O)C13)C(C)(O)C4O. The number of aliphatic hydroxyl groups is 4. The van der Waals surface area contributed by atoms with Crippen LogP contribution in [0.15, 0.2) is 0 Å². The summed E-state index contributed by atoms with van der Waals surface area (Å²) in [5.41, 5.74) is -3.85. The van der Waals surface area contributed by atoms with Gasteiger partial charge in [0.1, 0.15) is 11.5 Å². The minimum absolute atomic E-state index is 0.184. The second-order valence-electron chi connectivity index (χ2n) is 10.6. The zero-order valence-corrected chi connectivity index (χ0v) is 16.1. The van der Waals surface area contributed by atoms with E-state index in [1.54, 1.807) is 6.92 Å². The number of aliphatic hydroxyl groups excluding tert-OH is 3. The Labute approximate surface area is 158 Å².